The topological polar surface area (TPSA) is 92.8 Å². The quantitative estimate of drug-likeness (QED) is 0.688. The second kappa shape index (κ2) is 9.14. The van der Waals surface area contributed by atoms with Crippen molar-refractivity contribution < 1.29 is 22.7 Å². The number of esters is 1. The molecule has 1 aromatic carbocycles. The Morgan fingerprint density at radius 2 is 1.92 bits per heavy atom. The average Bonchev–Trinajstić information content (AvgIpc) is 2.96. The number of sulfone groups is 1. The third-order valence-electron chi connectivity index (χ3n) is 4.44. The molecule has 1 fully saturated rings. The Hall–Kier alpha value is -1.93. The normalized spacial score (nSPS) is 18.7. The fourth-order valence-electron chi connectivity index (χ4n) is 3.03. The summed E-state index contributed by atoms with van der Waals surface area (Å²) in [5.74, 6) is -0.131. The van der Waals surface area contributed by atoms with Crippen LogP contribution in [0.2, 0.25) is 0 Å². The van der Waals surface area contributed by atoms with Gasteiger partial charge in [-0.1, -0.05) is 6.92 Å². The lowest BCUT2D eigenvalue weighted by atomic mass is 10.2. The van der Waals surface area contributed by atoms with E-state index < -0.39 is 15.8 Å². The average molecular weight is 382 g/mol. The molecule has 0 aromatic heterocycles. The van der Waals surface area contributed by atoms with Crippen LogP contribution in [0.5, 0.6) is 0 Å². The minimum absolute atomic E-state index is 0.00154. The van der Waals surface area contributed by atoms with E-state index in [0.717, 1.165) is 0 Å². The molecule has 0 aliphatic carbocycles. The van der Waals surface area contributed by atoms with Crippen LogP contribution in [-0.2, 0) is 19.4 Å². The molecule has 1 aliphatic rings. The van der Waals surface area contributed by atoms with Gasteiger partial charge in [0.15, 0.2) is 9.84 Å². The van der Waals surface area contributed by atoms with Crippen molar-refractivity contribution in [3.63, 3.8) is 0 Å². The number of hydrogen-bond donors (Lipinski definition) is 1. The summed E-state index contributed by atoms with van der Waals surface area (Å²) in [6.07, 6.45) is 0.914. The molecule has 1 aliphatic heterocycles. The molecule has 26 heavy (non-hydrogen) atoms. The van der Waals surface area contributed by atoms with Gasteiger partial charge in [-0.2, -0.15) is 0 Å². The fraction of sp³-hybridized carbons (Fsp3) is 0.556. The molecule has 1 amide bonds. The molecule has 1 saturated heterocycles. The van der Waals surface area contributed by atoms with Crippen molar-refractivity contribution in [2.24, 2.45) is 0 Å². The maximum Gasteiger partial charge on any atom is 0.338 e. The number of carbonyl (C=O) groups excluding carboxylic acids is 2. The summed E-state index contributed by atoms with van der Waals surface area (Å²) in [6.45, 7) is 5.25. The van der Waals surface area contributed by atoms with Crippen molar-refractivity contribution in [3.8, 4) is 0 Å². The first-order valence-electron chi connectivity index (χ1n) is 8.86. The minimum atomic E-state index is -2.93. The summed E-state index contributed by atoms with van der Waals surface area (Å²) in [4.78, 5) is 25.8. The molecule has 1 heterocycles. The second-order valence-electron chi connectivity index (χ2n) is 6.28. The Morgan fingerprint density at radius 1 is 1.23 bits per heavy atom. The first-order chi connectivity index (χ1) is 12.3. The monoisotopic (exact) mass is 382 g/mol. The summed E-state index contributed by atoms with van der Waals surface area (Å²) < 4.78 is 28.2. The largest absolute Gasteiger partial charge is 0.462 e. The second-order valence-corrected chi connectivity index (χ2v) is 8.51. The maximum absolute atomic E-state index is 12.1. The van der Waals surface area contributed by atoms with Crippen LogP contribution in [0, 0.1) is 0 Å². The van der Waals surface area contributed by atoms with Gasteiger partial charge in [-0.05, 0) is 44.2 Å². The van der Waals surface area contributed by atoms with Gasteiger partial charge in [-0.3, -0.25) is 9.69 Å². The standard InChI is InChI=1S/C18H26N2O5S/c1-3-20(16-10-12-26(23,24)13-16)11-9-17(21)19-15-7-5-14(6-8-15)18(22)25-4-2/h5-8,16H,3-4,9-13H2,1-2H3,(H,19,21). The molecule has 1 N–H and O–H groups in total. The number of amides is 1. The molecule has 144 valence electrons. The lowest BCUT2D eigenvalue weighted by Crippen LogP contribution is -2.38. The number of nitrogens with zero attached hydrogens (tertiary/aromatic N) is 1. The van der Waals surface area contributed by atoms with Gasteiger partial charge in [0, 0.05) is 24.7 Å². The van der Waals surface area contributed by atoms with Crippen LogP contribution in [0.15, 0.2) is 24.3 Å². The van der Waals surface area contributed by atoms with Crippen molar-refractivity contribution in [1.29, 1.82) is 0 Å². The van der Waals surface area contributed by atoms with Crippen molar-refractivity contribution in [2.45, 2.75) is 32.7 Å². The van der Waals surface area contributed by atoms with Gasteiger partial charge in [0.05, 0.1) is 23.7 Å². The zero-order valence-corrected chi connectivity index (χ0v) is 16.0. The van der Waals surface area contributed by atoms with E-state index in [-0.39, 0.29) is 29.9 Å². The van der Waals surface area contributed by atoms with E-state index in [1.165, 1.54) is 0 Å². The number of carbonyl (C=O) groups is 2. The molecule has 1 unspecified atom stereocenters. The van der Waals surface area contributed by atoms with Crippen LogP contribution in [0.4, 0.5) is 5.69 Å². The van der Waals surface area contributed by atoms with Crippen LogP contribution in [-0.4, -0.2) is 62.4 Å². The molecular formula is C18H26N2O5S. The van der Waals surface area contributed by atoms with Crippen LogP contribution in [0.25, 0.3) is 0 Å². The number of hydrogen-bond acceptors (Lipinski definition) is 6. The predicted molar refractivity (Wildman–Crippen MR) is 100.0 cm³/mol. The SMILES string of the molecule is CCOC(=O)c1ccc(NC(=O)CCN(CC)C2CCS(=O)(=O)C2)cc1. The summed E-state index contributed by atoms with van der Waals surface area (Å²) in [5.41, 5.74) is 1.04. The predicted octanol–water partition coefficient (Wildman–Crippen LogP) is 1.70. The molecule has 0 bridgehead atoms. The third-order valence-corrected chi connectivity index (χ3v) is 6.19. The minimum Gasteiger partial charge on any atom is -0.462 e. The number of benzene rings is 1. The summed E-state index contributed by atoms with van der Waals surface area (Å²) >= 11 is 0. The van der Waals surface area contributed by atoms with Crippen LogP contribution >= 0.6 is 0 Å². The van der Waals surface area contributed by atoms with Gasteiger partial charge < -0.3 is 10.1 Å². The number of anilines is 1. The lowest BCUT2D eigenvalue weighted by Gasteiger charge is -2.26. The zero-order chi connectivity index (χ0) is 19.2. The van der Waals surface area contributed by atoms with Crippen molar-refractivity contribution in [3.05, 3.63) is 29.8 Å². The Morgan fingerprint density at radius 3 is 2.46 bits per heavy atom. The number of nitrogens with one attached hydrogen (secondary N) is 1. The maximum atomic E-state index is 12.1. The van der Waals surface area contributed by atoms with Crippen LogP contribution in [0.3, 0.4) is 0 Å². The molecular weight excluding hydrogens is 356 g/mol. The Labute approximate surface area is 154 Å². The number of rotatable bonds is 8. The summed E-state index contributed by atoms with van der Waals surface area (Å²) in [5, 5.41) is 2.79. The van der Waals surface area contributed by atoms with E-state index >= 15 is 0 Å². The van der Waals surface area contributed by atoms with Gasteiger partial charge in [-0.15, -0.1) is 0 Å². The van der Waals surface area contributed by atoms with Crippen LogP contribution < -0.4 is 5.32 Å². The first kappa shape index (κ1) is 20.4. The van der Waals surface area contributed by atoms with Gasteiger partial charge in [0.25, 0.3) is 0 Å². The Kier molecular flexibility index (Phi) is 7.16. The molecule has 8 heteroatoms. The van der Waals surface area contributed by atoms with E-state index in [1.54, 1.807) is 31.2 Å². The molecule has 0 radical (unpaired) electrons. The van der Waals surface area contributed by atoms with Gasteiger partial charge in [0.2, 0.25) is 5.91 Å². The molecule has 0 spiro atoms. The van der Waals surface area contributed by atoms with E-state index in [2.05, 4.69) is 5.32 Å². The van der Waals surface area contributed by atoms with Crippen molar-refractivity contribution >= 4 is 27.4 Å². The van der Waals surface area contributed by atoms with E-state index in [1.807, 2.05) is 11.8 Å². The van der Waals surface area contributed by atoms with E-state index in [9.17, 15) is 18.0 Å². The molecule has 7 nitrogen and oxygen atoms in total. The highest BCUT2D eigenvalue weighted by atomic mass is 32.2. The Balaban J connectivity index is 1.83. The highest BCUT2D eigenvalue weighted by Crippen LogP contribution is 2.18. The zero-order valence-electron chi connectivity index (χ0n) is 15.2. The smallest absolute Gasteiger partial charge is 0.338 e. The van der Waals surface area contributed by atoms with E-state index in [0.29, 0.717) is 37.4 Å². The molecule has 2 rings (SSSR count). The van der Waals surface area contributed by atoms with Gasteiger partial charge >= 0.3 is 5.97 Å². The lowest BCUT2D eigenvalue weighted by molar-refractivity contribution is -0.116. The molecule has 0 saturated carbocycles. The summed E-state index contributed by atoms with van der Waals surface area (Å²) in [6, 6.07) is 6.53. The van der Waals surface area contributed by atoms with Crippen LogP contribution in [0.1, 0.15) is 37.0 Å². The Bertz CT molecular complexity index is 730. The molecule has 1 aromatic rings. The van der Waals surface area contributed by atoms with Crippen molar-refractivity contribution in [1.82, 2.24) is 4.90 Å². The van der Waals surface area contributed by atoms with Gasteiger partial charge in [-0.25, -0.2) is 13.2 Å². The first-order valence-corrected chi connectivity index (χ1v) is 10.7. The fourth-order valence-corrected chi connectivity index (χ4v) is 4.80. The third kappa shape index (κ3) is 5.81. The van der Waals surface area contributed by atoms with E-state index in [4.69, 9.17) is 4.74 Å². The summed E-state index contributed by atoms with van der Waals surface area (Å²) in [7, 11) is -2.93. The number of ether oxygens (including phenoxy) is 1. The highest BCUT2D eigenvalue weighted by molar-refractivity contribution is 7.91. The highest BCUT2D eigenvalue weighted by Gasteiger charge is 2.31. The van der Waals surface area contributed by atoms with Gasteiger partial charge in [0.1, 0.15) is 0 Å². The molecule has 1 atom stereocenters. The van der Waals surface area contributed by atoms with Crippen molar-refractivity contribution in [2.75, 3.05) is 36.5 Å².